The maximum absolute atomic E-state index is 2.49. The molecule has 0 unspecified atom stereocenters. The second kappa shape index (κ2) is 14.0. The molecule has 1 nitrogen and oxygen atoms in total. The summed E-state index contributed by atoms with van der Waals surface area (Å²) >= 11 is 0. The number of hydrogen-bond acceptors (Lipinski definition) is 1. The van der Waals surface area contributed by atoms with Crippen LogP contribution in [0.15, 0.2) is 224 Å². The van der Waals surface area contributed by atoms with E-state index >= 15 is 0 Å². The van der Waals surface area contributed by atoms with Gasteiger partial charge in [-0.25, -0.2) is 0 Å². The minimum atomic E-state index is 1.09. The van der Waals surface area contributed by atoms with Crippen LogP contribution in [0.4, 0.5) is 17.1 Å². The van der Waals surface area contributed by atoms with Gasteiger partial charge in [0.05, 0.1) is 11.4 Å². The fourth-order valence-corrected chi connectivity index (χ4v) is 8.24. The van der Waals surface area contributed by atoms with Gasteiger partial charge >= 0.3 is 0 Å². The van der Waals surface area contributed by atoms with E-state index in [-0.39, 0.29) is 0 Å². The van der Waals surface area contributed by atoms with Crippen molar-refractivity contribution in [3.8, 4) is 44.5 Å². The summed E-state index contributed by atoms with van der Waals surface area (Å²) < 4.78 is 0. The van der Waals surface area contributed by atoms with Gasteiger partial charge in [0.1, 0.15) is 0 Å². The first kappa shape index (κ1) is 32.4. The molecule has 0 aromatic heterocycles. The summed E-state index contributed by atoms with van der Waals surface area (Å²) in [5.41, 5.74) is 12.9. The molecule has 0 N–H and O–H groups in total. The number of anilines is 3. The summed E-state index contributed by atoms with van der Waals surface area (Å²) in [6.07, 6.45) is 0. The molecule has 0 heterocycles. The average Bonchev–Trinajstić information content (AvgIpc) is 3.27. The fraction of sp³-hybridized carbons (Fsp3) is 0. The van der Waals surface area contributed by atoms with E-state index in [4.69, 9.17) is 0 Å². The van der Waals surface area contributed by atoms with Crippen LogP contribution in [0.25, 0.3) is 76.8 Å². The van der Waals surface area contributed by atoms with Crippen molar-refractivity contribution in [3.05, 3.63) is 224 Å². The normalized spacial score (nSPS) is 11.3. The molecule has 0 spiro atoms. The fourth-order valence-electron chi connectivity index (χ4n) is 8.24. The monoisotopic (exact) mass is 699 g/mol. The molecule has 0 radical (unpaired) electrons. The first-order valence-electron chi connectivity index (χ1n) is 18.9. The quantitative estimate of drug-likeness (QED) is 0.150. The Morgan fingerprint density at radius 1 is 0.255 bits per heavy atom. The Morgan fingerprint density at radius 3 is 1.55 bits per heavy atom. The molecule has 0 aliphatic heterocycles. The predicted octanol–water partition coefficient (Wildman–Crippen LogP) is 15.3. The number of benzene rings is 10. The maximum Gasteiger partial charge on any atom is 0.0546 e. The topological polar surface area (TPSA) is 3.24 Å². The van der Waals surface area contributed by atoms with Crippen LogP contribution in [0.1, 0.15) is 0 Å². The van der Waals surface area contributed by atoms with E-state index in [0.717, 1.165) is 17.1 Å². The van der Waals surface area contributed by atoms with Crippen LogP contribution in [0.2, 0.25) is 0 Å². The molecule has 0 amide bonds. The zero-order valence-corrected chi connectivity index (χ0v) is 30.3. The summed E-state index contributed by atoms with van der Waals surface area (Å²) in [5, 5.41) is 7.39. The first-order chi connectivity index (χ1) is 27.3. The van der Waals surface area contributed by atoms with Crippen molar-refractivity contribution in [1.82, 2.24) is 0 Å². The van der Waals surface area contributed by atoms with Gasteiger partial charge in [0, 0.05) is 16.6 Å². The van der Waals surface area contributed by atoms with E-state index in [1.54, 1.807) is 0 Å². The summed E-state index contributed by atoms with van der Waals surface area (Å²) in [4.78, 5) is 2.49. The molecule has 10 aromatic carbocycles. The lowest BCUT2D eigenvalue weighted by Crippen LogP contribution is -2.12. The third-order valence-corrected chi connectivity index (χ3v) is 10.8. The highest BCUT2D eigenvalue weighted by Crippen LogP contribution is 2.50. The Labute approximate surface area is 322 Å². The van der Waals surface area contributed by atoms with E-state index in [1.165, 1.54) is 76.8 Å². The lowest BCUT2D eigenvalue weighted by Gasteiger charge is -2.31. The van der Waals surface area contributed by atoms with Crippen molar-refractivity contribution in [1.29, 1.82) is 0 Å². The Hall–Kier alpha value is -7.22. The highest BCUT2D eigenvalue weighted by molar-refractivity contribution is 6.15. The summed E-state index contributed by atoms with van der Waals surface area (Å²) in [7, 11) is 0. The number of nitrogens with zero attached hydrogens (tertiary/aromatic N) is 1. The Morgan fingerprint density at radius 2 is 0.800 bits per heavy atom. The van der Waals surface area contributed by atoms with Crippen molar-refractivity contribution >= 4 is 49.4 Å². The molecule has 0 fully saturated rings. The van der Waals surface area contributed by atoms with Crippen LogP contribution in [0.5, 0.6) is 0 Å². The molecule has 55 heavy (non-hydrogen) atoms. The molecule has 0 atom stereocenters. The lowest BCUT2D eigenvalue weighted by atomic mass is 9.87. The van der Waals surface area contributed by atoms with Crippen molar-refractivity contribution in [2.45, 2.75) is 0 Å². The van der Waals surface area contributed by atoms with E-state index in [1.807, 2.05) is 0 Å². The van der Waals surface area contributed by atoms with Crippen LogP contribution in [-0.4, -0.2) is 0 Å². The van der Waals surface area contributed by atoms with E-state index < -0.39 is 0 Å². The molecular formula is C54H37N. The predicted molar refractivity (Wildman–Crippen MR) is 235 cm³/mol. The largest absolute Gasteiger partial charge is 0.309 e. The van der Waals surface area contributed by atoms with Gasteiger partial charge in [0.15, 0.2) is 0 Å². The highest BCUT2D eigenvalue weighted by Gasteiger charge is 2.24. The Bertz CT molecular complexity index is 2960. The van der Waals surface area contributed by atoms with E-state index in [0.29, 0.717) is 0 Å². The van der Waals surface area contributed by atoms with Crippen LogP contribution in [-0.2, 0) is 0 Å². The first-order valence-corrected chi connectivity index (χ1v) is 18.9. The number of fused-ring (bicyclic) bond motifs is 4. The third-order valence-electron chi connectivity index (χ3n) is 10.8. The molecule has 0 aliphatic carbocycles. The summed E-state index contributed by atoms with van der Waals surface area (Å²) in [6.45, 7) is 0. The molecule has 258 valence electrons. The molecule has 0 bridgehead atoms. The average molecular weight is 700 g/mol. The maximum atomic E-state index is 2.49. The van der Waals surface area contributed by atoms with Gasteiger partial charge in [0.25, 0.3) is 0 Å². The summed E-state index contributed by atoms with van der Waals surface area (Å²) in [5.74, 6) is 0. The van der Waals surface area contributed by atoms with Gasteiger partial charge in [-0.05, 0) is 96.2 Å². The van der Waals surface area contributed by atoms with Gasteiger partial charge in [0.2, 0.25) is 0 Å². The minimum Gasteiger partial charge on any atom is -0.309 e. The van der Waals surface area contributed by atoms with Gasteiger partial charge in [-0.3, -0.25) is 0 Å². The van der Waals surface area contributed by atoms with Crippen LogP contribution in [0.3, 0.4) is 0 Å². The van der Waals surface area contributed by atoms with E-state index in [9.17, 15) is 0 Å². The Kier molecular flexibility index (Phi) is 8.24. The molecule has 0 saturated heterocycles. The van der Waals surface area contributed by atoms with Crippen molar-refractivity contribution in [2.24, 2.45) is 0 Å². The van der Waals surface area contributed by atoms with Crippen LogP contribution >= 0.6 is 0 Å². The van der Waals surface area contributed by atoms with Gasteiger partial charge in [-0.1, -0.05) is 194 Å². The molecule has 1 heteroatoms. The van der Waals surface area contributed by atoms with Gasteiger partial charge in [-0.15, -0.1) is 0 Å². The zero-order chi connectivity index (χ0) is 36.6. The van der Waals surface area contributed by atoms with Gasteiger partial charge < -0.3 is 4.90 Å². The molecule has 10 rings (SSSR count). The van der Waals surface area contributed by atoms with Crippen molar-refractivity contribution < 1.29 is 0 Å². The second-order valence-corrected chi connectivity index (χ2v) is 14.1. The minimum absolute atomic E-state index is 1.09. The molecule has 10 aromatic rings. The standard InChI is InChI=1S/C54H37N/c1-3-17-40(18-4-1)46-23-11-14-27-51(46)54-48(41-19-5-2-6-20-41)28-15-29-52(54)55(53-37-44-22-9-10-24-47(44)49-25-12-13-26-50(49)53)45-34-32-39(33-35-45)43-31-30-38-16-7-8-21-42(38)36-43/h1-37H. The SMILES string of the molecule is c1ccc(-c2ccccc2-c2c(-c3ccccc3)cccc2N(c2ccc(-c3ccc4ccccc4c3)cc2)c2cc3ccccc3c3ccccc23)cc1. The number of rotatable bonds is 7. The molecule has 0 aliphatic rings. The van der Waals surface area contributed by atoms with Crippen molar-refractivity contribution in [3.63, 3.8) is 0 Å². The molecule has 0 saturated carbocycles. The highest BCUT2D eigenvalue weighted by atomic mass is 15.1. The number of hydrogen-bond donors (Lipinski definition) is 0. The Balaban J connectivity index is 1.27. The van der Waals surface area contributed by atoms with Crippen molar-refractivity contribution in [2.75, 3.05) is 4.90 Å². The van der Waals surface area contributed by atoms with E-state index in [2.05, 4.69) is 229 Å². The molecular weight excluding hydrogens is 663 g/mol. The third kappa shape index (κ3) is 5.93. The smallest absolute Gasteiger partial charge is 0.0546 e. The van der Waals surface area contributed by atoms with Crippen LogP contribution in [0, 0.1) is 0 Å². The second-order valence-electron chi connectivity index (χ2n) is 14.1. The lowest BCUT2D eigenvalue weighted by molar-refractivity contribution is 1.30. The van der Waals surface area contributed by atoms with Crippen LogP contribution < -0.4 is 4.90 Å². The zero-order valence-electron chi connectivity index (χ0n) is 30.3. The summed E-state index contributed by atoms with van der Waals surface area (Å²) in [6, 6.07) is 81.6. The van der Waals surface area contributed by atoms with Gasteiger partial charge in [-0.2, -0.15) is 0 Å².